The predicted octanol–water partition coefficient (Wildman–Crippen LogP) is 3.20. The van der Waals surface area contributed by atoms with Gasteiger partial charge >= 0.3 is 0 Å². The fourth-order valence-corrected chi connectivity index (χ4v) is 2.18. The molecular weight excluding hydrogens is 284 g/mol. The summed E-state index contributed by atoms with van der Waals surface area (Å²) in [5, 5.41) is 6.82. The first-order valence-corrected chi connectivity index (χ1v) is 8.04. The van der Waals surface area contributed by atoms with E-state index in [1.54, 1.807) is 0 Å². The lowest BCUT2D eigenvalue weighted by Gasteiger charge is -2.18. The molecule has 0 aliphatic carbocycles. The van der Waals surface area contributed by atoms with E-state index in [0.29, 0.717) is 6.54 Å². The van der Waals surface area contributed by atoms with Gasteiger partial charge < -0.3 is 15.5 Å². The van der Waals surface area contributed by atoms with Crippen molar-refractivity contribution in [3.63, 3.8) is 0 Å². The number of guanidine groups is 1. The molecule has 122 valence electrons. The van der Waals surface area contributed by atoms with Crippen LogP contribution in [0.4, 0.5) is 5.69 Å². The number of para-hydroxylation sites is 1. The topological polar surface area (TPSA) is 39.7 Å². The molecule has 0 atom stereocenters. The minimum atomic E-state index is 0.698. The largest absolute Gasteiger partial charge is 0.385 e. The van der Waals surface area contributed by atoms with Gasteiger partial charge in [0.15, 0.2) is 5.96 Å². The summed E-state index contributed by atoms with van der Waals surface area (Å²) in [6.07, 6.45) is 1.03. The average Bonchev–Trinajstić information content (AvgIpc) is 2.59. The van der Waals surface area contributed by atoms with Crippen LogP contribution in [-0.4, -0.2) is 38.0 Å². The Morgan fingerprint density at radius 1 is 0.913 bits per heavy atom. The second kappa shape index (κ2) is 9.51. The van der Waals surface area contributed by atoms with Crippen molar-refractivity contribution in [2.24, 2.45) is 4.99 Å². The van der Waals surface area contributed by atoms with Gasteiger partial charge in [-0.2, -0.15) is 0 Å². The van der Waals surface area contributed by atoms with E-state index in [1.165, 1.54) is 5.56 Å². The third-order valence-electron chi connectivity index (χ3n) is 3.42. The summed E-state index contributed by atoms with van der Waals surface area (Å²) in [5.41, 5.74) is 2.39. The summed E-state index contributed by atoms with van der Waals surface area (Å²) in [6, 6.07) is 20.6. The number of aliphatic imine (C=N–C) groups is 1. The Labute approximate surface area is 139 Å². The minimum absolute atomic E-state index is 0.698. The lowest BCUT2D eigenvalue weighted by Crippen LogP contribution is -2.37. The quantitative estimate of drug-likeness (QED) is 0.469. The summed E-state index contributed by atoms with van der Waals surface area (Å²) in [4.78, 5) is 6.68. The van der Waals surface area contributed by atoms with Gasteiger partial charge in [-0.1, -0.05) is 48.5 Å². The van der Waals surface area contributed by atoms with Crippen LogP contribution in [0.15, 0.2) is 65.7 Å². The van der Waals surface area contributed by atoms with E-state index in [1.807, 2.05) is 55.4 Å². The summed E-state index contributed by atoms with van der Waals surface area (Å²) < 4.78 is 0. The van der Waals surface area contributed by atoms with Gasteiger partial charge in [0.25, 0.3) is 0 Å². The van der Waals surface area contributed by atoms with Crippen LogP contribution in [0.1, 0.15) is 12.0 Å². The fraction of sp³-hybridized carbons (Fsp3) is 0.316. The maximum atomic E-state index is 4.66. The van der Waals surface area contributed by atoms with Gasteiger partial charge in [0.05, 0.1) is 6.54 Å². The van der Waals surface area contributed by atoms with E-state index < -0.39 is 0 Å². The summed E-state index contributed by atoms with van der Waals surface area (Å²) in [5.74, 6) is 0.925. The molecule has 0 aromatic heterocycles. The number of rotatable bonds is 7. The van der Waals surface area contributed by atoms with Crippen molar-refractivity contribution < 1.29 is 0 Å². The molecule has 0 bridgehead atoms. The Balaban J connectivity index is 1.72. The van der Waals surface area contributed by atoms with Gasteiger partial charge in [0, 0.05) is 32.9 Å². The summed E-state index contributed by atoms with van der Waals surface area (Å²) in [6.45, 7) is 2.53. The minimum Gasteiger partial charge on any atom is -0.385 e. The Bertz CT molecular complexity index is 579. The lowest BCUT2D eigenvalue weighted by molar-refractivity contribution is 0.576. The third kappa shape index (κ3) is 6.43. The number of benzene rings is 2. The number of nitrogens with zero attached hydrogens (tertiary/aromatic N) is 2. The molecule has 0 saturated carbocycles. The van der Waals surface area contributed by atoms with Gasteiger partial charge in [0.2, 0.25) is 0 Å². The van der Waals surface area contributed by atoms with Gasteiger partial charge in [0.1, 0.15) is 0 Å². The highest BCUT2D eigenvalue weighted by atomic mass is 15.3. The van der Waals surface area contributed by atoms with Crippen LogP contribution >= 0.6 is 0 Å². The number of hydrogen-bond donors (Lipinski definition) is 2. The summed E-state index contributed by atoms with van der Waals surface area (Å²) >= 11 is 0. The highest BCUT2D eigenvalue weighted by Crippen LogP contribution is 2.04. The molecule has 4 heteroatoms. The summed E-state index contributed by atoms with van der Waals surface area (Å²) in [7, 11) is 4.03. The van der Waals surface area contributed by atoms with Crippen LogP contribution in [0, 0.1) is 0 Å². The van der Waals surface area contributed by atoms with Crippen LogP contribution in [-0.2, 0) is 6.54 Å². The normalized spacial score (nSPS) is 11.1. The van der Waals surface area contributed by atoms with Crippen molar-refractivity contribution in [1.29, 1.82) is 0 Å². The monoisotopic (exact) mass is 310 g/mol. The molecule has 0 spiro atoms. The van der Waals surface area contributed by atoms with Gasteiger partial charge in [-0.15, -0.1) is 0 Å². The molecule has 23 heavy (non-hydrogen) atoms. The molecule has 2 aromatic rings. The van der Waals surface area contributed by atoms with Crippen molar-refractivity contribution >= 4 is 11.6 Å². The molecule has 0 heterocycles. The van der Waals surface area contributed by atoms with Gasteiger partial charge in [-0.05, 0) is 24.1 Å². The second-order valence-electron chi connectivity index (χ2n) is 5.59. The Hall–Kier alpha value is -2.49. The van der Waals surface area contributed by atoms with Crippen molar-refractivity contribution in [2.75, 3.05) is 32.5 Å². The van der Waals surface area contributed by atoms with E-state index in [-0.39, 0.29) is 0 Å². The predicted molar refractivity (Wildman–Crippen MR) is 98.8 cm³/mol. The molecule has 2 aromatic carbocycles. The highest BCUT2D eigenvalue weighted by Gasteiger charge is 2.01. The zero-order valence-corrected chi connectivity index (χ0v) is 14.0. The van der Waals surface area contributed by atoms with Crippen molar-refractivity contribution in [3.8, 4) is 0 Å². The first kappa shape index (κ1) is 16.9. The lowest BCUT2D eigenvalue weighted by atomic mass is 10.2. The molecule has 0 radical (unpaired) electrons. The van der Waals surface area contributed by atoms with Crippen LogP contribution < -0.4 is 10.6 Å². The molecule has 0 unspecified atom stereocenters. The van der Waals surface area contributed by atoms with Crippen LogP contribution in [0.5, 0.6) is 0 Å². The maximum Gasteiger partial charge on any atom is 0.193 e. The standard InChI is InChI=1S/C19H26N4/c1-23(2)19(22-16-17-10-5-3-6-11-17)21-15-9-14-20-18-12-7-4-8-13-18/h3-8,10-13,20H,9,14-16H2,1-2H3,(H,21,22). The van der Waals surface area contributed by atoms with E-state index >= 15 is 0 Å². The van der Waals surface area contributed by atoms with E-state index in [2.05, 4.69) is 39.9 Å². The van der Waals surface area contributed by atoms with Gasteiger partial charge in [-0.25, -0.2) is 4.99 Å². The zero-order chi connectivity index (χ0) is 16.3. The molecule has 0 saturated heterocycles. The smallest absolute Gasteiger partial charge is 0.193 e. The maximum absolute atomic E-state index is 4.66. The van der Waals surface area contributed by atoms with E-state index in [0.717, 1.165) is 31.2 Å². The molecule has 0 amide bonds. The Morgan fingerprint density at radius 2 is 1.57 bits per heavy atom. The fourth-order valence-electron chi connectivity index (χ4n) is 2.18. The van der Waals surface area contributed by atoms with E-state index in [4.69, 9.17) is 0 Å². The van der Waals surface area contributed by atoms with Crippen LogP contribution in [0.3, 0.4) is 0 Å². The van der Waals surface area contributed by atoms with Crippen LogP contribution in [0.2, 0.25) is 0 Å². The first-order valence-electron chi connectivity index (χ1n) is 8.04. The van der Waals surface area contributed by atoms with Crippen molar-refractivity contribution in [2.45, 2.75) is 13.0 Å². The van der Waals surface area contributed by atoms with Crippen molar-refractivity contribution in [1.82, 2.24) is 10.2 Å². The molecular formula is C19H26N4. The molecule has 2 N–H and O–H groups in total. The number of anilines is 1. The average molecular weight is 310 g/mol. The molecule has 4 nitrogen and oxygen atoms in total. The molecule has 2 rings (SSSR count). The van der Waals surface area contributed by atoms with E-state index in [9.17, 15) is 0 Å². The Morgan fingerprint density at radius 3 is 2.22 bits per heavy atom. The molecule has 0 aliphatic heterocycles. The first-order chi connectivity index (χ1) is 11.3. The SMILES string of the molecule is CN(C)C(=NCc1ccccc1)NCCCNc1ccccc1. The third-order valence-corrected chi connectivity index (χ3v) is 3.42. The number of nitrogens with one attached hydrogen (secondary N) is 2. The molecule has 0 aliphatic rings. The van der Waals surface area contributed by atoms with Crippen molar-refractivity contribution in [3.05, 3.63) is 66.2 Å². The zero-order valence-electron chi connectivity index (χ0n) is 14.0. The van der Waals surface area contributed by atoms with Gasteiger partial charge in [-0.3, -0.25) is 0 Å². The Kier molecular flexibility index (Phi) is 6.98. The van der Waals surface area contributed by atoms with Crippen LogP contribution in [0.25, 0.3) is 0 Å². The second-order valence-corrected chi connectivity index (χ2v) is 5.59. The number of hydrogen-bond acceptors (Lipinski definition) is 2. The highest BCUT2D eigenvalue weighted by molar-refractivity contribution is 5.79. The molecule has 0 fully saturated rings.